The highest BCUT2D eigenvalue weighted by atomic mass is 32.2. The van der Waals surface area contributed by atoms with Crippen LogP contribution in [0.1, 0.15) is 42.6 Å². The minimum Gasteiger partial charge on any atom is -0.480 e. The van der Waals surface area contributed by atoms with E-state index in [0.717, 1.165) is 23.6 Å². The number of nitrogens with zero attached hydrogens (tertiary/aromatic N) is 2. The first-order valence-electron chi connectivity index (χ1n) is 7.96. The van der Waals surface area contributed by atoms with Gasteiger partial charge in [-0.15, -0.1) is 0 Å². The van der Waals surface area contributed by atoms with Crippen molar-refractivity contribution in [2.45, 2.75) is 49.1 Å². The van der Waals surface area contributed by atoms with Crippen molar-refractivity contribution in [1.82, 2.24) is 8.87 Å². The monoisotopic (exact) mass is 355 g/mol. The third-order valence-electron chi connectivity index (χ3n) is 5.12. The lowest BCUT2D eigenvalue weighted by molar-refractivity contribution is -0.141. The Morgan fingerprint density at radius 1 is 1.29 bits per heavy atom. The fourth-order valence-corrected chi connectivity index (χ4v) is 5.96. The van der Waals surface area contributed by atoms with E-state index in [1.54, 1.807) is 0 Å². The molecule has 1 aromatic heterocycles. The van der Waals surface area contributed by atoms with Gasteiger partial charge in [0.05, 0.1) is 0 Å². The first-order valence-corrected chi connectivity index (χ1v) is 9.40. The third kappa shape index (κ3) is 2.61. The zero-order chi connectivity index (χ0) is 17.6. The maximum Gasteiger partial charge on any atom is 0.322 e. The van der Waals surface area contributed by atoms with Crippen LogP contribution in [0.2, 0.25) is 0 Å². The maximum atomic E-state index is 13.1. The quantitative estimate of drug-likeness (QED) is 0.815. The van der Waals surface area contributed by atoms with Crippen molar-refractivity contribution < 1.29 is 23.1 Å². The molecule has 2 heterocycles. The molecule has 3 unspecified atom stereocenters. The Bertz CT molecular complexity index is 785. The first-order chi connectivity index (χ1) is 11.2. The van der Waals surface area contributed by atoms with Gasteiger partial charge in [-0.2, -0.15) is 4.31 Å². The van der Waals surface area contributed by atoms with Gasteiger partial charge in [-0.1, -0.05) is 12.8 Å². The van der Waals surface area contributed by atoms with Crippen LogP contribution in [0.4, 0.5) is 0 Å². The summed E-state index contributed by atoms with van der Waals surface area (Å²) in [5, 5.41) is 9.50. The summed E-state index contributed by atoms with van der Waals surface area (Å²) in [6.45, 7) is 0. The predicted octanol–water partition coefficient (Wildman–Crippen LogP) is 0.530. The van der Waals surface area contributed by atoms with E-state index in [0.29, 0.717) is 12.8 Å². The van der Waals surface area contributed by atoms with E-state index < -0.39 is 27.9 Å². The number of aliphatic carboxylic acids is 1. The summed E-state index contributed by atoms with van der Waals surface area (Å²) in [5.74, 6) is -1.78. The van der Waals surface area contributed by atoms with Crippen LogP contribution in [0, 0.1) is 5.92 Å². The number of nitrogens with two attached hydrogens (primary N) is 1. The van der Waals surface area contributed by atoms with Gasteiger partial charge in [-0.05, 0) is 31.2 Å². The molecule has 0 aromatic carbocycles. The summed E-state index contributed by atoms with van der Waals surface area (Å²) in [6.07, 6.45) is 5.06. The summed E-state index contributed by atoms with van der Waals surface area (Å²) < 4.78 is 28.7. The fourth-order valence-electron chi connectivity index (χ4n) is 4.02. The second-order valence-electron chi connectivity index (χ2n) is 6.57. The zero-order valence-electron chi connectivity index (χ0n) is 13.4. The summed E-state index contributed by atoms with van der Waals surface area (Å²) in [5.41, 5.74) is 5.31. The van der Waals surface area contributed by atoms with E-state index in [1.165, 1.54) is 23.9 Å². The van der Waals surface area contributed by atoms with E-state index in [4.69, 9.17) is 5.73 Å². The molecular formula is C15H21N3O5S. The van der Waals surface area contributed by atoms with Gasteiger partial charge in [-0.25, -0.2) is 8.42 Å². The summed E-state index contributed by atoms with van der Waals surface area (Å²) in [4.78, 5) is 22.9. The number of sulfonamides is 1. The molecule has 132 valence electrons. The van der Waals surface area contributed by atoms with Crippen LogP contribution in [-0.4, -0.2) is 46.4 Å². The van der Waals surface area contributed by atoms with E-state index in [1.807, 2.05) is 0 Å². The first kappa shape index (κ1) is 17.0. The molecule has 3 N–H and O–H groups in total. The van der Waals surface area contributed by atoms with E-state index in [2.05, 4.69) is 0 Å². The van der Waals surface area contributed by atoms with Gasteiger partial charge in [0.1, 0.15) is 16.6 Å². The fraction of sp³-hybridized carbons (Fsp3) is 0.600. The molecule has 2 fully saturated rings. The summed E-state index contributed by atoms with van der Waals surface area (Å²) in [6, 6.07) is -0.130. The number of hydrogen-bond donors (Lipinski definition) is 2. The number of carboxylic acids is 1. The van der Waals surface area contributed by atoms with Crippen LogP contribution in [-0.2, 0) is 21.9 Å². The summed E-state index contributed by atoms with van der Waals surface area (Å²) in [7, 11) is -2.49. The second kappa shape index (κ2) is 5.89. The lowest BCUT2D eigenvalue weighted by atomic mass is 9.85. The van der Waals surface area contributed by atoms with Crippen LogP contribution in [0.15, 0.2) is 17.2 Å². The minimum atomic E-state index is -4.01. The Labute approximate surface area is 140 Å². The number of fused-ring (bicyclic) bond motifs is 1. The molecule has 0 bridgehead atoms. The van der Waals surface area contributed by atoms with Crippen molar-refractivity contribution in [1.29, 1.82) is 0 Å². The Kier molecular flexibility index (Phi) is 4.16. The molecule has 1 aliphatic heterocycles. The average Bonchev–Trinajstić information content (AvgIpc) is 3.08. The van der Waals surface area contributed by atoms with Crippen LogP contribution in [0.5, 0.6) is 0 Å². The van der Waals surface area contributed by atoms with Crippen molar-refractivity contribution in [3.63, 3.8) is 0 Å². The molecule has 2 aliphatic rings. The molecular weight excluding hydrogens is 334 g/mol. The highest BCUT2D eigenvalue weighted by Crippen LogP contribution is 2.42. The zero-order valence-corrected chi connectivity index (χ0v) is 14.2. The van der Waals surface area contributed by atoms with Crippen molar-refractivity contribution in [2.24, 2.45) is 18.7 Å². The van der Waals surface area contributed by atoms with Crippen LogP contribution in [0.25, 0.3) is 0 Å². The molecule has 0 spiro atoms. The molecule has 0 radical (unpaired) electrons. The SMILES string of the molecule is Cn1cc(S(=O)(=O)N2C(C(=O)O)CC3CCCCC32)cc1C(N)=O. The highest BCUT2D eigenvalue weighted by Gasteiger charge is 2.51. The molecule has 3 atom stereocenters. The second-order valence-corrected chi connectivity index (χ2v) is 8.42. The number of carbonyl (C=O) groups excluding carboxylic acids is 1. The van der Waals surface area contributed by atoms with Gasteiger partial charge < -0.3 is 15.4 Å². The van der Waals surface area contributed by atoms with Crippen molar-refractivity contribution in [2.75, 3.05) is 0 Å². The molecule has 1 aromatic rings. The molecule has 1 saturated carbocycles. The standard InChI is InChI=1S/C15H21N3O5S/c1-17-8-10(7-12(17)14(16)19)24(22,23)18-11-5-3-2-4-9(11)6-13(18)15(20)21/h7-9,11,13H,2-6H2,1H3,(H2,16,19)(H,20,21). The van der Waals surface area contributed by atoms with Gasteiger partial charge >= 0.3 is 5.97 Å². The Balaban J connectivity index is 2.04. The molecule has 24 heavy (non-hydrogen) atoms. The Morgan fingerprint density at radius 2 is 1.96 bits per heavy atom. The van der Waals surface area contributed by atoms with Gasteiger partial charge in [0, 0.05) is 19.3 Å². The lowest BCUT2D eigenvalue weighted by Crippen LogP contribution is -2.46. The molecule has 1 aliphatic carbocycles. The van der Waals surface area contributed by atoms with Crippen LogP contribution >= 0.6 is 0 Å². The number of carbonyl (C=O) groups is 2. The molecule has 1 amide bonds. The van der Waals surface area contributed by atoms with Gasteiger partial charge in [0.2, 0.25) is 10.0 Å². The Hall–Kier alpha value is -1.87. The number of amides is 1. The van der Waals surface area contributed by atoms with E-state index in [9.17, 15) is 23.1 Å². The number of carboxylic acid groups (broad SMARTS) is 1. The molecule has 1 saturated heterocycles. The third-order valence-corrected chi connectivity index (χ3v) is 7.02. The minimum absolute atomic E-state index is 0.0693. The topological polar surface area (TPSA) is 123 Å². The van der Waals surface area contributed by atoms with Crippen LogP contribution in [0.3, 0.4) is 0 Å². The smallest absolute Gasteiger partial charge is 0.322 e. The number of rotatable bonds is 4. The van der Waals surface area contributed by atoms with E-state index >= 15 is 0 Å². The van der Waals surface area contributed by atoms with Crippen LogP contribution < -0.4 is 5.73 Å². The predicted molar refractivity (Wildman–Crippen MR) is 84.7 cm³/mol. The van der Waals surface area contributed by atoms with Gasteiger partial charge in [-0.3, -0.25) is 9.59 Å². The largest absolute Gasteiger partial charge is 0.480 e. The van der Waals surface area contributed by atoms with Crippen molar-refractivity contribution in [3.8, 4) is 0 Å². The molecule has 8 nitrogen and oxygen atoms in total. The number of aryl methyl sites for hydroxylation is 1. The number of primary amides is 1. The van der Waals surface area contributed by atoms with Gasteiger partial charge in [0.15, 0.2) is 0 Å². The van der Waals surface area contributed by atoms with Gasteiger partial charge in [0.25, 0.3) is 5.91 Å². The maximum absolute atomic E-state index is 13.1. The van der Waals surface area contributed by atoms with Crippen molar-refractivity contribution in [3.05, 3.63) is 18.0 Å². The van der Waals surface area contributed by atoms with Crippen molar-refractivity contribution >= 4 is 21.9 Å². The number of aromatic nitrogens is 1. The summed E-state index contributed by atoms with van der Waals surface area (Å²) >= 11 is 0. The Morgan fingerprint density at radius 3 is 2.54 bits per heavy atom. The lowest BCUT2D eigenvalue weighted by Gasteiger charge is -2.31. The van der Waals surface area contributed by atoms with E-state index in [-0.39, 0.29) is 22.5 Å². The normalized spacial score (nSPS) is 27.8. The molecule has 9 heteroatoms. The molecule has 3 rings (SSSR count). The highest BCUT2D eigenvalue weighted by molar-refractivity contribution is 7.89. The average molecular weight is 355 g/mol. The number of hydrogen-bond acceptors (Lipinski definition) is 4.